The molecule has 0 saturated carbocycles. The van der Waals surface area contributed by atoms with Gasteiger partial charge in [0.25, 0.3) is 0 Å². The van der Waals surface area contributed by atoms with Crippen LogP contribution < -0.4 is 4.74 Å². The highest BCUT2D eigenvalue weighted by Crippen LogP contribution is 2.38. The van der Waals surface area contributed by atoms with Crippen LogP contribution in [0.15, 0.2) is 54.1 Å². The molecule has 100 valence electrons. The van der Waals surface area contributed by atoms with Crippen molar-refractivity contribution >= 4 is 11.9 Å². The predicted octanol–water partition coefficient (Wildman–Crippen LogP) is 3.64. The van der Waals surface area contributed by atoms with Crippen LogP contribution in [0.4, 0.5) is 0 Å². The van der Waals surface area contributed by atoms with Crippen molar-refractivity contribution in [2.75, 3.05) is 7.11 Å². The monoisotopic (exact) mass is 264 g/mol. The highest BCUT2D eigenvalue weighted by atomic mass is 16.5. The lowest BCUT2D eigenvalue weighted by Crippen LogP contribution is -2.08. The number of benzene rings is 2. The first kappa shape index (κ1) is 12.7. The first-order valence-electron chi connectivity index (χ1n) is 6.75. The third-order valence-electron chi connectivity index (χ3n) is 3.79. The first-order chi connectivity index (χ1) is 9.85. The van der Waals surface area contributed by atoms with Crippen LogP contribution in [-0.4, -0.2) is 13.4 Å². The maximum Gasteiger partial charge on any atom is 0.146 e. The smallest absolute Gasteiger partial charge is 0.146 e. The van der Waals surface area contributed by atoms with Gasteiger partial charge in [0.05, 0.1) is 7.11 Å². The molecule has 0 aliphatic heterocycles. The predicted molar refractivity (Wildman–Crippen MR) is 79.8 cm³/mol. The van der Waals surface area contributed by atoms with E-state index in [0.29, 0.717) is 0 Å². The first-order valence-corrected chi connectivity index (χ1v) is 6.75. The van der Waals surface area contributed by atoms with Crippen molar-refractivity contribution < 1.29 is 9.53 Å². The Kier molecular flexibility index (Phi) is 3.38. The van der Waals surface area contributed by atoms with Crippen LogP contribution in [0.2, 0.25) is 0 Å². The summed E-state index contributed by atoms with van der Waals surface area (Å²) in [6.45, 7) is 0. The maximum atomic E-state index is 11.5. The Morgan fingerprint density at radius 1 is 0.950 bits per heavy atom. The van der Waals surface area contributed by atoms with Crippen molar-refractivity contribution in [3.63, 3.8) is 0 Å². The van der Waals surface area contributed by atoms with Gasteiger partial charge in [0.15, 0.2) is 0 Å². The Morgan fingerprint density at radius 2 is 1.65 bits per heavy atom. The Bertz CT molecular complexity index is 683. The van der Waals surface area contributed by atoms with Crippen molar-refractivity contribution in [3.8, 4) is 5.75 Å². The van der Waals surface area contributed by atoms with Crippen molar-refractivity contribution in [2.24, 2.45) is 0 Å². The number of para-hydroxylation sites is 1. The lowest BCUT2D eigenvalue weighted by atomic mass is 9.82. The summed E-state index contributed by atoms with van der Waals surface area (Å²) in [5, 5.41) is 0. The SMILES string of the molecule is COc1ccccc1C1=C(C=O)CCc2ccccc21. The topological polar surface area (TPSA) is 26.3 Å². The van der Waals surface area contributed by atoms with Gasteiger partial charge in [0.1, 0.15) is 12.0 Å². The normalized spacial score (nSPS) is 13.8. The molecule has 1 aliphatic rings. The molecule has 2 aromatic rings. The van der Waals surface area contributed by atoms with E-state index in [4.69, 9.17) is 4.74 Å². The third kappa shape index (κ3) is 2.03. The summed E-state index contributed by atoms with van der Waals surface area (Å²) in [7, 11) is 1.66. The molecule has 3 rings (SSSR count). The van der Waals surface area contributed by atoms with Gasteiger partial charge >= 0.3 is 0 Å². The van der Waals surface area contributed by atoms with E-state index < -0.39 is 0 Å². The number of hydrogen-bond acceptors (Lipinski definition) is 2. The van der Waals surface area contributed by atoms with Crippen LogP contribution in [0, 0.1) is 0 Å². The second-order valence-electron chi connectivity index (χ2n) is 4.88. The maximum absolute atomic E-state index is 11.5. The Labute approximate surface area is 118 Å². The van der Waals surface area contributed by atoms with E-state index >= 15 is 0 Å². The molecule has 0 saturated heterocycles. The summed E-state index contributed by atoms with van der Waals surface area (Å²) in [6, 6.07) is 16.1. The van der Waals surface area contributed by atoms with Gasteiger partial charge in [-0.3, -0.25) is 4.79 Å². The zero-order chi connectivity index (χ0) is 13.9. The number of hydrogen-bond donors (Lipinski definition) is 0. The fourth-order valence-electron chi connectivity index (χ4n) is 2.84. The zero-order valence-electron chi connectivity index (χ0n) is 11.4. The summed E-state index contributed by atoms with van der Waals surface area (Å²) >= 11 is 0. The molecule has 0 bridgehead atoms. The molecule has 1 aliphatic carbocycles. The van der Waals surface area contributed by atoms with E-state index in [1.807, 2.05) is 36.4 Å². The minimum atomic E-state index is 0.786. The summed E-state index contributed by atoms with van der Waals surface area (Å²) in [6.07, 6.45) is 2.69. The number of ether oxygens (including phenoxy) is 1. The summed E-state index contributed by atoms with van der Waals surface area (Å²) in [4.78, 5) is 11.5. The van der Waals surface area contributed by atoms with Gasteiger partial charge in [0.2, 0.25) is 0 Å². The van der Waals surface area contributed by atoms with Gasteiger partial charge in [0, 0.05) is 11.1 Å². The number of carbonyl (C=O) groups excluding carboxylic acids is 1. The minimum absolute atomic E-state index is 0.786. The van der Waals surface area contributed by atoms with Crippen LogP contribution in [0.25, 0.3) is 5.57 Å². The van der Waals surface area contributed by atoms with Gasteiger partial charge in [-0.25, -0.2) is 0 Å². The largest absolute Gasteiger partial charge is 0.496 e. The van der Waals surface area contributed by atoms with E-state index in [2.05, 4.69) is 12.1 Å². The second-order valence-corrected chi connectivity index (χ2v) is 4.88. The van der Waals surface area contributed by atoms with Crippen molar-refractivity contribution in [3.05, 3.63) is 70.8 Å². The highest BCUT2D eigenvalue weighted by Gasteiger charge is 2.21. The molecule has 0 heterocycles. The molecular weight excluding hydrogens is 248 g/mol. The van der Waals surface area contributed by atoms with E-state index in [9.17, 15) is 4.79 Å². The summed E-state index contributed by atoms with van der Waals surface area (Å²) in [5.41, 5.74) is 5.29. The number of aldehydes is 1. The molecular formula is C18H16O2. The zero-order valence-corrected chi connectivity index (χ0v) is 11.4. The molecule has 2 heteroatoms. The molecule has 0 unspecified atom stereocenters. The molecule has 0 aromatic heterocycles. The fourth-order valence-corrected chi connectivity index (χ4v) is 2.84. The van der Waals surface area contributed by atoms with Gasteiger partial charge < -0.3 is 4.74 Å². The highest BCUT2D eigenvalue weighted by molar-refractivity contribution is 5.97. The number of carbonyl (C=O) groups is 1. The number of rotatable bonds is 3. The van der Waals surface area contributed by atoms with E-state index in [1.54, 1.807) is 7.11 Å². The van der Waals surface area contributed by atoms with Crippen LogP contribution in [0.3, 0.4) is 0 Å². The van der Waals surface area contributed by atoms with Crippen LogP contribution >= 0.6 is 0 Å². The molecule has 2 nitrogen and oxygen atoms in total. The lowest BCUT2D eigenvalue weighted by Gasteiger charge is -2.22. The average molecular weight is 264 g/mol. The number of allylic oxidation sites excluding steroid dienone is 1. The third-order valence-corrected chi connectivity index (χ3v) is 3.79. The molecule has 0 atom stereocenters. The Hall–Kier alpha value is -2.35. The minimum Gasteiger partial charge on any atom is -0.496 e. The van der Waals surface area contributed by atoms with Crippen molar-refractivity contribution in [1.82, 2.24) is 0 Å². The number of aryl methyl sites for hydroxylation is 1. The van der Waals surface area contributed by atoms with E-state index in [-0.39, 0.29) is 0 Å². The molecule has 2 aromatic carbocycles. The van der Waals surface area contributed by atoms with E-state index in [1.165, 1.54) is 5.56 Å². The molecule has 0 fully saturated rings. The van der Waals surface area contributed by atoms with E-state index in [0.717, 1.165) is 47.2 Å². The summed E-state index contributed by atoms with van der Waals surface area (Å²) in [5.74, 6) is 0.804. The Morgan fingerprint density at radius 3 is 2.40 bits per heavy atom. The fraction of sp³-hybridized carbons (Fsp3) is 0.167. The van der Waals surface area contributed by atoms with Crippen molar-refractivity contribution in [2.45, 2.75) is 12.8 Å². The molecule has 0 amide bonds. The quantitative estimate of drug-likeness (QED) is 0.791. The Balaban J connectivity index is 2.27. The number of methoxy groups -OCH3 is 1. The van der Waals surface area contributed by atoms with Crippen LogP contribution in [-0.2, 0) is 11.2 Å². The second kappa shape index (κ2) is 5.33. The van der Waals surface area contributed by atoms with Gasteiger partial charge in [-0.2, -0.15) is 0 Å². The van der Waals surface area contributed by atoms with Crippen LogP contribution in [0.1, 0.15) is 23.1 Å². The standard InChI is InChI=1S/C18H16O2/c1-20-17-9-5-4-8-16(17)18-14(12-19)11-10-13-6-2-3-7-15(13)18/h2-9,12H,10-11H2,1H3. The van der Waals surface area contributed by atoms with Crippen molar-refractivity contribution in [1.29, 1.82) is 0 Å². The summed E-state index contributed by atoms with van der Waals surface area (Å²) < 4.78 is 5.46. The van der Waals surface area contributed by atoms with Crippen LogP contribution in [0.5, 0.6) is 5.75 Å². The van der Waals surface area contributed by atoms with Gasteiger partial charge in [-0.05, 0) is 35.6 Å². The molecule has 0 radical (unpaired) electrons. The molecule has 0 spiro atoms. The number of fused-ring (bicyclic) bond motifs is 1. The lowest BCUT2D eigenvalue weighted by molar-refractivity contribution is -0.105. The molecule has 0 N–H and O–H groups in total. The average Bonchev–Trinajstić information content (AvgIpc) is 2.53. The van der Waals surface area contributed by atoms with Gasteiger partial charge in [-0.15, -0.1) is 0 Å². The van der Waals surface area contributed by atoms with Gasteiger partial charge in [-0.1, -0.05) is 42.5 Å². The molecule has 20 heavy (non-hydrogen) atoms.